The maximum Gasteiger partial charge on any atom is 0.305 e. The van der Waals surface area contributed by atoms with Gasteiger partial charge in [-0.2, -0.15) is 48.2 Å². The van der Waals surface area contributed by atoms with Crippen molar-refractivity contribution in [1.82, 2.24) is 101 Å². The lowest BCUT2D eigenvalue weighted by Gasteiger charge is -2.32. The third kappa shape index (κ3) is 31.4. The van der Waals surface area contributed by atoms with Crippen LogP contribution in [0.25, 0.3) is 21.8 Å². The highest BCUT2D eigenvalue weighted by Crippen LogP contribution is 2.29. The number of carbonyl (C=O) groups excluding carboxylic acids is 13. The number of aliphatic hydroxyl groups is 1. The molecule has 0 radical (unpaired) electrons. The molecule has 10 bridgehead atoms. The predicted molar refractivity (Wildman–Crippen MR) is 528 cm³/mol. The lowest BCUT2D eigenvalue weighted by molar-refractivity contribution is -0.143. The first kappa shape index (κ1) is 111. The number of aromatic nitrogens is 5. The minimum atomic E-state index is -4.67. The van der Waals surface area contributed by atoms with Gasteiger partial charge in [0.1, 0.15) is 66.5 Å². The standard InChI is InChI=1S/C91H120N22O24S6/c1-50(2)77-89(129)103-69(31-76(118)119)82(122)99-40-74(115)100-67(29-60-38-97-64-14-9-7-12-62(60)64)84(124)108-78(51(3)4)91(131)113-19-11-16-73(113)88(128)104-70(80(93)120)47-138-20-23-141(132,133)110-41-54-26-56(34-94-32-54)43-111-44-58-28-59(37-96-36-58)46-112(45-57-27-55(42-110)33-95-35-57)143(136,137)25-22-140-49-72(105-81(121)52(5)92)87(127)109-79(53(6)114)90(130)101-66(17-18-75(116)117)83(123)106-71(48-139-21-24-142(111,134)135)86(126)102-68(85(125)107-77)30-61-39-98-65-15-10-8-13-63(61)65/h7-10,12-15,26-28,32-39,50-53,66-73,77-79,97-98,114H,11,16-25,29-31,40-49,92H2,1-6H3,(H2,93,120)(H,99,122)(H,100,115)(H,101,130)(H,102,126)(H,103,129)(H,104,128)(H,105,121)(H,106,123)(H,107,125)(H,108,124)(H,109,127)(H,116,117)(H,118,119)/t52-,53+,66-,67-,68-,69-,70-,71-,72-,73-,77-,78-,79-/m0/s1. The van der Waals surface area contributed by atoms with Crippen molar-refractivity contribution >= 4 is 176 Å². The van der Waals surface area contributed by atoms with Gasteiger partial charge in [0.2, 0.25) is 107 Å². The summed E-state index contributed by atoms with van der Waals surface area (Å²) in [5.41, 5.74) is 15.3. The van der Waals surface area contributed by atoms with Crippen LogP contribution in [0.4, 0.5) is 0 Å². The fourth-order valence-corrected chi connectivity index (χ4v) is 25.1. The predicted octanol–water partition coefficient (Wildman–Crippen LogP) is -2.32. The smallest absolute Gasteiger partial charge is 0.305 e. The summed E-state index contributed by atoms with van der Waals surface area (Å²) in [5, 5.41) is 60.5. The van der Waals surface area contributed by atoms with Crippen LogP contribution < -0.4 is 70.0 Å². The first-order valence-electron chi connectivity index (χ1n) is 46.1. The molecule has 20 N–H and O–H groups in total. The lowest BCUT2D eigenvalue weighted by atomic mass is 9.99. The zero-order chi connectivity index (χ0) is 104. The third-order valence-corrected chi connectivity index (χ3v) is 33.4. The number of primary amides is 1. The molecule has 5 aromatic heterocycles. The highest BCUT2D eigenvalue weighted by molar-refractivity contribution is 8.01. The molecule has 143 heavy (non-hydrogen) atoms. The molecule has 46 nitrogen and oxygen atoms in total. The molecular formula is C91H120N22O24S6. The van der Waals surface area contributed by atoms with E-state index >= 15 is 44.4 Å². The fourth-order valence-electron chi connectivity index (χ4n) is 16.4. The maximum atomic E-state index is 15.7. The Balaban J connectivity index is 1.02. The van der Waals surface area contributed by atoms with Gasteiger partial charge in [-0.3, -0.25) is 86.9 Å². The molecule has 2 aromatic carbocycles. The second-order valence-corrected chi connectivity index (χ2v) is 45.7. The minimum absolute atomic E-state index is 0.0128. The Kier molecular flexibility index (Phi) is 39.5. The van der Waals surface area contributed by atoms with Gasteiger partial charge in [-0.25, -0.2) is 25.3 Å². The molecule has 3 unspecified atom stereocenters. The van der Waals surface area contributed by atoms with Crippen LogP contribution in [0.3, 0.4) is 0 Å². The van der Waals surface area contributed by atoms with Crippen molar-refractivity contribution in [1.29, 1.82) is 0 Å². The van der Waals surface area contributed by atoms with E-state index in [4.69, 9.17) is 11.5 Å². The second-order valence-electron chi connectivity index (χ2n) is 36.0. The molecule has 0 saturated carbocycles. The number of fused-ring (bicyclic) bond motifs is 12. The van der Waals surface area contributed by atoms with Gasteiger partial charge in [0.15, 0.2) is 0 Å². The van der Waals surface area contributed by atoms with E-state index in [0.29, 0.717) is 32.9 Å². The SMILES string of the molecule is CC(C)[C@@H]1NC(=O)[C@H](Cc2c[nH]c3ccccc23)NC(=O)[C@@H]2CSCCS(=O)(=O)N3Cc4cncc(c4)CN(Cc4cncc(c4)CN(Cc4cncc(c4)C3)S(=O)(=O)CCSC[C@H](NC(=O)[C@H](C)N)C(=O)N[C@@H]([C@@H](C)O)C(=O)N[C@@H](CCC(=O)O)C(=O)N2)S(=O)(=O)CCSC[C@@H](C(N)=O)NC(=O)[C@@H]2CCCN2C(=O)[C@H](C(C)C)NC(=O)[C@H](Cc2c[nH]c3ccccc23)NC(=O)CNC(=O)[C@H](CC(=O)O)NC1=O. The third-order valence-electron chi connectivity index (χ3n) is 24.1. The average molecular weight is 2100 g/mol. The number of carboxylic acids is 2. The summed E-state index contributed by atoms with van der Waals surface area (Å²) in [6.45, 7) is 4.70. The molecule has 4 aliphatic heterocycles. The van der Waals surface area contributed by atoms with Gasteiger partial charge in [-0.15, -0.1) is 0 Å². The summed E-state index contributed by atoms with van der Waals surface area (Å²) in [6, 6.07) is -1.91. The topological polar surface area (TPSA) is 687 Å². The summed E-state index contributed by atoms with van der Waals surface area (Å²) < 4.78 is 95.1. The normalized spacial score (nSPS) is 25.9. The van der Waals surface area contributed by atoms with Crippen LogP contribution in [0.2, 0.25) is 0 Å². The Morgan fingerprint density at radius 1 is 0.490 bits per heavy atom. The van der Waals surface area contributed by atoms with Crippen LogP contribution in [-0.4, -0.2) is 316 Å². The number of nitrogens with two attached hydrogens (primary N) is 2. The summed E-state index contributed by atoms with van der Waals surface area (Å²) in [4.78, 5) is 237. The molecule has 11 rings (SSSR count). The Bertz CT molecular complexity index is 6210. The molecule has 52 heteroatoms. The van der Waals surface area contributed by atoms with E-state index in [2.05, 4.69) is 83.4 Å². The molecule has 774 valence electrons. The van der Waals surface area contributed by atoms with Crippen LogP contribution in [0.1, 0.15) is 118 Å². The monoisotopic (exact) mass is 2100 g/mol. The van der Waals surface area contributed by atoms with E-state index in [9.17, 15) is 68.1 Å². The van der Waals surface area contributed by atoms with E-state index in [0.717, 1.165) is 55.1 Å². The van der Waals surface area contributed by atoms with Crippen molar-refractivity contribution in [2.75, 3.05) is 64.9 Å². The largest absolute Gasteiger partial charge is 0.481 e. The average Bonchev–Trinajstić information content (AvgIpc) is 1.63. The first-order chi connectivity index (χ1) is 67.8. The molecule has 9 heterocycles. The van der Waals surface area contributed by atoms with Crippen molar-refractivity contribution in [3.05, 3.63) is 161 Å². The maximum absolute atomic E-state index is 15.7. The number of para-hydroxylation sites is 2. The zero-order valence-electron chi connectivity index (χ0n) is 79.3. The van der Waals surface area contributed by atoms with Crippen molar-refractivity contribution in [2.24, 2.45) is 23.3 Å². The number of aliphatic carboxylic acids is 2. The molecule has 1 fully saturated rings. The van der Waals surface area contributed by atoms with Gasteiger partial charge in [0.25, 0.3) is 0 Å². The van der Waals surface area contributed by atoms with E-state index in [-0.39, 0.29) is 76.4 Å². The Hall–Kier alpha value is -12.3. The molecular weight excluding hydrogens is 1980 g/mol. The number of aliphatic hydroxyl groups excluding tert-OH is 1. The van der Waals surface area contributed by atoms with Gasteiger partial charge >= 0.3 is 11.9 Å². The second kappa shape index (κ2) is 50.8. The van der Waals surface area contributed by atoms with Crippen molar-refractivity contribution in [3.63, 3.8) is 0 Å². The van der Waals surface area contributed by atoms with Crippen molar-refractivity contribution < 1.29 is 112 Å². The van der Waals surface area contributed by atoms with Crippen molar-refractivity contribution in [2.45, 2.75) is 204 Å². The number of carbonyl (C=O) groups is 15. The number of H-pyrrole nitrogens is 2. The Labute approximate surface area is 837 Å². The van der Waals surface area contributed by atoms with Gasteiger partial charge in [0.05, 0.1) is 42.4 Å². The van der Waals surface area contributed by atoms with E-state index < -0.39 is 315 Å². The van der Waals surface area contributed by atoms with E-state index in [1.165, 1.54) is 81.2 Å². The molecule has 13 amide bonds. The van der Waals surface area contributed by atoms with Gasteiger partial charge in [-0.1, -0.05) is 82.3 Å². The fraction of sp³-hybridized carbons (Fsp3) is 0.495. The van der Waals surface area contributed by atoms with Crippen LogP contribution in [-0.2, 0) is 154 Å². The van der Waals surface area contributed by atoms with Gasteiger partial charge in [0, 0.05) is 171 Å². The number of nitrogens with one attached hydrogen (secondary N) is 13. The van der Waals surface area contributed by atoms with Crippen molar-refractivity contribution in [3.8, 4) is 0 Å². The number of nitrogens with zero attached hydrogens (tertiary/aromatic N) is 7. The number of hydrogen-bond acceptors (Lipinski definition) is 29. The van der Waals surface area contributed by atoms with E-state index in [1.54, 1.807) is 74.6 Å². The van der Waals surface area contributed by atoms with Gasteiger partial charge < -0.3 is 100 Å². The quantitative estimate of drug-likeness (QED) is 0.0512. The van der Waals surface area contributed by atoms with Crippen LogP contribution >= 0.6 is 35.3 Å². The summed E-state index contributed by atoms with van der Waals surface area (Å²) in [7, 11) is -13.7. The summed E-state index contributed by atoms with van der Waals surface area (Å²) >= 11 is 2.49. The molecule has 16 atom stereocenters. The zero-order valence-corrected chi connectivity index (χ0v) is 84.1. The number of sulfonamides is 3. The Morgan fingerprint density at radius 2 is 0.923 bits per heavy atom. The number of thioether (sulfide) groups is 3. The molecule has 0 spiro atoms. The summed E-state index contributed by atoms with van der Waals surface area (Å²) in [5.74, 6) is -23.5. The summed E-state index contributed by atoms with van der Waals surface area (Å²) in [6.07, 6.45) is 6.16. The number of amides is 13. The number of hydrogen-bond donors (Lipinski definition) is 18. The number of benzene rings is 2. The number of aromatic amines is 2. The number of rotatable bonds is 15. The highest BCUT2D eigenvalue weighted by Gasteiger charge is 2.44. The lowest BCUT2D eigenvalue weighted by Crippen LogP contribution is -2.62. The van der Waals surface area contributed by atoms with Gasteiger partial charge in [-0.05, 0) is 102 Å². The first-order valence-corrected chi connectivity index (χ1v) is 54.4. The molecule has 7 aromatic rings. The molecule has 0 aliphatic carbocycles. The van der Waals surface area contributed by atoms with Crippen LogP contribution in [0.5, 0.6) is 0 Å². The Morgan fingerprint density at radius 3 is 1.38 bits per heavy atom. The molecule has 1 saturated heterocycles. The van der Waals surface area contributed by atoms with E-state index in [1.807, 2.05) is 0 Å². The minimum Gasteiger partial charge on any atom is -0.481 e. The highest BCUT2D eigenvalue weighted by atomic mass is 32.2. The molecule has 4 aliphatic rings. The van der Waals surface area contributed by atoms with Crippen LogP contribution in [0.15, 0.2) is 116 Å². The van der Waals surface area contributed by atoms with Crippen LogP contribution in [0, 0.1) is 11.8 Å². The number of pyridine rings is 3. The number of carboxylic acid groups (broad SMARTS) is 2.